The molecule has 1 amide bonds. The first-order valence-corrected chi connectivity index (χ1v) is 10.6. The molecule has 0 aliphatic carbocycles. The summed E-state index contributed by atoms with van der Waals surface area (Å²) in [4.78, 5) is 14.1. The molecule has 5 nitrogen and oxygen atoms in total. The maximum Gasteiger partial charge on any atom is 0.246 e. The Kier molecular flexibility index (Phi) is 5.73. The van der Waals surface area contributed by atoms with E-state index in [2.05, 4.69) is 0 Å². The number of thiophene rings is 1. The van der Waals surface area contributed by atoms with E-state index in [4.69, 9.17) is 0 Å². The Labute approximate surface area is 160 Å². The van der Waals surface area contributed by atoms with Gasteiger partial charge in [-0.15, -0.1) is 11.3 Å². The van der Waals surface area contributed by atoms with Crippen molar-refractivity contribution in [1.29, 1.82) is 0 Å². The Hall–Kier alpha value is -2.10. The number of amides is 1. The Morgan fingerprint density at radius 1 is 1.15 bits per heavy atom. The average molecular weight is 412 g/mol. The summed E-state index contributed by atoms with van der Waals surface area (Å²) < 4.78 is 53.4. The van der Waals surface area contributed by atoms with Crippen molar-refractivity contribution in [3.8, 4) is 0 Å². The van der Waals surface area contributed by atoms with Gasteiger partial charge in [-0.05, 0) is 48.2 Å². The van der Waals surface area contributed by atoms with Crippen LogP contribution in [0.1, 0.15) is 10.4 Å². The van der Waals surface area contributed by atoms with Gasteiger partial charge in [-0.2, -0.15) is 4.31 Å². The first-order chi connectivity index (χ1) is 12.8. The minimum Gasteiger partial charge on any atom is -0.337 e. The zero-order valence-corrected chi connectivity index (χ0v) is 16.2. The lowest BCUT2D eigenvalue weighted by molar-refractivity contribution is -0.127. The van der Waals surface area contributed by atoms with Crippen LogP contribution >= 0.6 is 11.3 Å². The van der Waals surface area contributed by atoms with Gasteiger partial charge in [0, 0.05) is 37.1 Å². The van der Waals surface area contributed by atoms with Gasteiger partial charge in [-0.25, -0.2) is 17.2 Å². The van der Waals surface area contributed by atoms with Crippen molar-refractivity contribution in [1.82, 2.24) is 9.21 Å². The number of piperazine rings is 1. The predicted octanol–water partition coefficient (Wildman–Crippen LogP) is 2.88. The van der Waals surface area contributed by atoms with Gasteiger partial charge in [-0.1, -0.05) is 0 Å². The number of nitrogens with zero attached hydrogens (tertiary/aromatic N) is 2. The molecule has 0 N–H and O–H groups in total. The van der Waals surface area contributed by atoms with Crippen LogP contribution in [0, 0.1) is 18.6 Å². The van der Waals surface area contributed by atoms with E-state index in [1.54, 1.807) is 6.08 Å². The van der Waals surface area contributed by atoms with Crippen molar-refractivity contribution in [2.75, 3.05) is 26.2 Å². The first-order valence-electron chi connectivity index (χ1n) is 8.25. The van der Waals surface area contributed by atoms with Crippen LogP contribution in [-0.4, -0.2) is 49.7 Å². The van der Waals surface area contributed by atoms with Gasteiger partial charge in [0.15, 0.2) is 0 Å². The van der Waals surface area contributed by atoms with Crippen molar-refractivity contribution in [3.05, 3.63) is 57.8 Å². The third-order valence-corrected chi connectivity index (χ3v) is 7.24. The van der Waals surface area contributed by atoms with Gasteiger partial charge >= 0.3 is 0 Å². The van der Waals surface area contributed by atoms with E-state index < -0.39 is 26.6 Å². The van der Waals surface area contributed by atoms with Crippen LogP contribution in [0.3, 0.4) is 0 Å². The molecule has 9 heteroatoms. The first kappa shape index (κ1) is 19.7. The third kappa shape index (κ3) is 4.26. The summed E-state index contributed by atoms with van der Waals surface area (Å²) >= 11 is 1.53. The highest BCUT2D eigenvalue weighted by Crippen LogP contribution is 2.22. The molecular weight excluding hydrogens is 394 g/mol. The highest BCUT2D eigenvalue weighted by Gasteiger charge is 2.31. The van der Waals surface area contributed by atoms with Gasteiger partial charge in [0.2, 0.25) is 15.9 Å². The third-order valence-electron chi connectivity index (χ3n) is 4.34. The average Bonchev–Trinajstić information content (AvgIpc) is 3.06. The molecule has 2 heterocycles. The van der Waals surface area contributed by atoms with Crippen molar-refractivity contribution in [2.45, 2.75) is 11.8 Å². The summed E-state index contributed by atoms with van der Waals surface area (Å²) in [5.41, 5.74) is 1.08. The number of carbonyl (C=O) groups excluding carboxylic acids is 1. The van der Waals surface area contributed by atoms with Crippen LogP contribution in [0.25, 0.3) is 6.08 Å². The topological polar surface area (TPSA) is 57.7 Å². The van der Waals surface area contributed by atoms with Gasteiger partial charge < -0.3 is 4.90 Å². The van der Waals surface area contributed by atoms with Gasteiger partial charge in [0.1, 0.15) is 16.5 Å². The second kappa shape index (κ2) is 7.87. The standard InChI is InChI=1S/C18H18F2N2O3S2/c1-13-6-11-26-16(13)4-5-18(23)21-7-9-22(10-8-21)27(24,25)17-12-14(19)2-3-15(17)20/h2-6,11-12H,7-10H2,1H3. The lowest BCUT2D eigenvalue weighted by atomic mass is 10.2. The van der Waals surface area contributed by atoms with E-state index in [1.165, 1.54) is 22.3 Å². The van der Waals surface area contributed by atoms with E-state index in [1.807, 2.05) is 18.4 Å². The molecule has 0 saturated carbocycles. The van der Waals surface area contributed by atoms with E-state index in [-0.39, 0.29) is 32.1 Å². The minimum atomic E-state index is -4.15. The van der Waals surface area contributed by atoms with Crippen LogP contribution in [0.2, 0.25) is 0 Å². The van der Waals surface area contributed by atoms with Gasteiger partial charge in [0.05, 0.1) is 0 Å². The fourth-order valence-electron chi connectivity index (χ4n) is 2.77. The van der Waals surface area contributed by atoms with Crippen LogP contribution in [0.4, 0.5) is 8.78 Å². The van der Waals surface area contributed by atoms with Gasteiger partial charge in [0.25, 0.3) is 0 Å². The summed E-state index contributed by atoms with van der Waals surface area (Å²) in [5, 5.41) is 1.94. The number of aryl methyl sites for hydroxylation is 1. The number of hydrogen-bond acceptors (Lipinski definition) is 4. The molecule has 1 aromatic heterocycles. The summed E-state index contributed by atoms with van der Waals surface area (Å²) in [6.45, 7) is 2.37. The molecular formula is C18H18F2N2O3S2. The fraction of sp³-hybridized carbons (Fsp3) is 0.278. The number of hydrogen-bond donors (Lipinski definition) is 0. The predicted molar refractivity (Wildman–Crippen MR) is 99.8 cm³/mol. The summed E-state index contributed by atoms with van der Waals surface area (Å²) in [6.07, 6.45) is 3.21. The quantitative estimate of drug-likeness (QED) is 0.726. The summed E-state index contributed by atoms with van der Waals surface area (Å²) in [6, 6.07) is 4.30. The maximum absolute atomic E-state index is 13.8. The number of benzene rings is 1. The second-order valence-electron chi connectivity index (χ2n) is 6.11. The molecule has 0 bridgehead atoms. The molecule has 2 aromatic rings. The highest BCUT2D eigenvalue weighted by atomic mass is 32.2. The molecule has 144 valence electrons. The molecule has 1 aliphatic rings. The highest BCUT2D eigenvalue weighted by molar-refractivity contribution is 7.89. The lowest BCUT2D eigenvalue weighted by Crippen LogP contribution is -2.50. The van der Waals surface area contributed by atoms with Crippen LogP contribution in [0.15, 0.2) is 40.6 Å². The SMILES string of the molecule is Cc1ccsc1C=CC(=O)N1CCN(S(=O)(=O)c2cc(F)ccc2F)CC1. The molecule has 3 rings (SSSR count). The molecule has 1 saturated heterocycles. The maximum atomic E-state index is 13.8. The smallest absolute Gasteiger partial charge is 0.246 e. The van der Waals surface area contributed by atoms with Crippen molar-refractivity contribution < 1.29 is 22.0 Å². The van der Waals surface area contributed by atoms with Crippen LogP contribution in [0.5, 0.6) is 0 Å². The van der Waals surface area contributed by atoms with Crippen molar-refractivity contribution in [2.24, 2.45) is 0 Å². The van der Waals surface area contributed by atoms with Crippen molar-refractivity contribution >= 4 is 33.3 Å². The number of sulfonamides is 1. The minimum absolute atomic E-state index is 0.0237. The monoisotopic (exact) mass is 412 g/mol. The molecule has 0 spiro atoms. The molecule has 1 fully saturated rings. The normalized spacial score (nSPS) is 16.2. The largest absolute Gasteiger partial charge is 0.337 e. The van der Waals surface area contributed by atoms with Crippen molar-refractivity contribution in [3.63, 3.8) is 0 Å². The molecule has 1 aliphatic heterocycles. The van der Waals surface area contributed by atoms with E-state index in [0.717, 1.165) is 26.9 Å². The number of rotatable bonds is 4. The Morgan fingerprint density at radius 3 is 2.48 bits per heavy atom. The van der Waals surface area contributed by atoms with Crippen LogP contribution in [-0.2, 0) is 14.8 Å². The summed E-state index contributed by atoms with van der Waals surface area (Å²) in [7, 11) is -4.15. The molecule has 0 atom stereocenters. The zero-order chi connectivity index (χ0) is 19.6. The van der Waals surface area contributed by atoms with Gasteiger partial charge in [-0.3, -0.25) is 4.79 Å². The Morgan fingerprint density at radius 2 is 1.85 bits per heavy atom. The summed E-state index contributed by atoms with van der Waals surface area (Å²) in [5.74, 6) is -2.03. The molecule has 0 radical (unpaired) electrons. The molecule has 0 unspecified atom stereocenters. The zero-order valence-electron chi connectivity index (χ0n) is 14.6. The molecule has 1 aromatic carbocycles. The Bertz CT molecular complexity index is 978. The lowest BCUT2D eigenvalue weighted by Gasteiger charge is -2.33. The van der Waals surface area contributed by atoms with Crippen LogP contribution < -0.4 is 0 Å². The number of halogens is 2. The fourth-order valence-corrected chi connectivity index (χ4v) is 5.09. The Balaban J connectivity index is 1.66. The van der Waals surface area contributed by atoms with E-state index in [0.29, 0.717) is 6.07 Å². The second-order valence-corrected chi connectivity index (χ2v) is 8.96. The van der Waals surface area contributed by atoms with E-state index in [9.17, 15) is 22.0 Å². The number of carbonyl (C=O) groups is 1. The van der Waals surface area contributed by atoms with E-state index >= 15 is 0 Å². The molecule has 27 heavy (non-hydrogen) atoms.